The number of rotatable bonds is 7. The van der Waals surface area contributed by atoms with Gasteiger partial charge < -0.3 is 24.6 Å². The number of fused-ring (bicyclic) bond motifs is 1. The van der Waals surface area contributed by atoms with Crippen LogP contribution < -0.4 is 4.74 Å². The molecular weight excluding hydrogens is 543 g/mol. The summed E-state index contributed by atoms with van der Waals surface area (Å²) in [5, 5.41) is 20.7. The SMILES string of the molecule is CC(C)(C)OC(=O)N(C[C@@H](O)c1ccc(Cl)nc1)[C@H]1CCc2ccc(Oc3ccc(Cl)c(C(=O)O)c3)cc2C1. The molecule has 39 heavy (non-hydrogen) atoms. The molecule has 3 aromatic rings. The van der Waals surface area contributed by atoms with E-state index in [1.54, 1.807) is 43.9 Å². The van der Waals surface area contributed by atoms with Gasteiger partial charge in [0.2, 0.25) is 0 Å². The van der Waals surface area contributed by atoms with Gasteiger partial charge in [0.1, 0.15) is 22.3 Å². The Balaban J connectivity index is 1.56. The first kappa shape index (κ1) is 28.7. The monoisotopic (exact) mass is 572 g/mol. The molecule has 0 spiro atoms. The number of carboxylic acid groups (broad SMARTS) is 1. The summed E-state index contributed by atoms with van der Waals surface area (Å²) in [6.07, 6.45) is 1.95. The Morgan fingerprint density at radius 3 is 2.46 bits per heavy atom. The Labute approximate surface area is 237 Å². The van der Waals surface area contributed by atoms with Gasteiger partial charge in [-0.3, -0.25) is 0 Å². The highest BCUT2D eigenvalue weighted by molar-refractivity contribution is 6.33. The average Bonchev–Trinajstić information content (AvgIpc) is 2.87. The van der Waals surface area contributed by atoms with Crippen LogP contribution in [0.5, 0.6) is 11.5 Å². The zero-order valence-corrected chi connectivity index (χ0v) is 23.4. The van der Waals surface area contributed by atoms with Crippen LogP contribution in [0.1, 0.15) is 60.3 Å². The van der Waals surface area contributed by atoms with Crippen LogP contribution in [0.25, 0.3) is 0 Å². The molecule has 0 radical (unpaired) electrons. The van der Waals surface area contributed by atoms with E-state index in [0.29, 0.717) is 35.1 Å². The van der Waals surface area contributed by atoms with Crippen molar-refractivity contribution in [3.63, 3.8) is 0 Å². The van der Waals surface area contributed by atoms with E-state index in [4.69, 9.17) is 32.7 Å². The van der Waals surface area contributed by atoms with E-state index in [1.807, 2.05) is 18.2 Å². The summed E-state index contributed by atoms with van der Waals surface area (Å²) in [6.45, 7) is 5.43. The zero-order chi connectivity index (χ0) is 28.3. The molecule has 0 aliphatic heterocycles. The molecule has 206 valence electrons. The van der Waals surface area contributed by atoms with Crippen molar-refractivity contribution in [1.82, 2.24) is 9.88 Å². The second-order valence-electron chi connectivity index (χ2n) is 10.4. The number of ether oxygens (including phenoxy) is 2. The first-order valence-electron chi connectivity index (χ1n) is 12.5. The smallest absolute Gasteiger partial charge is 0.410 e. The van der Waals surface area contributed by atoms with Gasteiger partial charge in [-0.25, -0.2) is 14.6 Å². The van der Waals surface area contributed by atoms with Crippen molar-refractivity contribution in [2.45, 2.75) is 57.8 Å². The molecule has 8 nitrogen and oxygen atoms in total. The number of aliphatic hydroxyl groups excluding tert-OH is 1. The molecule has 4 rings (SSSR count). The standard InChI is InChI=1S/C29H30Cl2N2O6/c1-29(2,3)39-28(37)33(16-25(34)18-6-11-26(31)32-15-18)20-7-4-17-5-8-21(13-19(17)12-20)38-22-9-10-24(30)23(14-22)27(35)36/h5-6,8-11,13-15,20,25,34H,4,7,12,16H2,1-3H3,(H,35,36)/t20-,25+/m0/s1. The zero-order valence-electron chi connectivity index (χ0n) is 21.9. The third kappa shape index (κ3) is 7.41. The molecule has 1 aliphatic rings. The number of hydrogen-bond acceptors (Lipinski definition) is 6. The maximum Gasteiger partial charge on any atom is 0.410 e. The number of nitrogens with zero attached hydrogens (tertiary/aromatic N) is 2. The van der Waals surface area contributed by atoms with Gasteiger partial charge >= 0.3 is 12.1 Å². The van der Waals surface area contributed by atoms with Crippen LogP contribution in [0.4, 0.5) is 4.79 Å². The third-order valence-corrected chi connectivity index (χ3v) is 6.91. The molecule has 2 atom stereocenters. The van der Waals surface area contributed by atoms with E-state index in [0.717, 1.165) is 17.5 Å². The van der Waals surface area contributed by atoms with E-state index in [1.165, 1.54) is 18.3 Å². The molecule has 0 unspecified atom stereocenters. The van der Waals surface area contributed by atoms with Crippen LogP contribution in [-0.4, -0.2) is 50.3 Å². The van der Waals surface area contributed by atoms with Crippen LogP contribution in [0.2, 0.25) is 10.2 Å². The number of aromatic nitrogens is 1. The Morgan fingerprint density at radius 1 is 1.08 bits per heavy atom. The number of benzene rings is 2. The van der Waals surface area contributed by atoms with Crippen LogP contribution >= 0.6 is 23.2 Å². The first-order chi connectivity index (χ1) is 18.4. The quantitative estimate of drug-likeness (QED) is 0.303. The first-order valence-corrected chi connectivity index (χ1v) is 13.3. The van der Waals surface area contributed by atoms with Crippen molar-refractivity contribution in [2.75, 3.05) is 6.54 Å². The molecular formula is C29H30Cl2N2O6. The van der Waals surface area contributed by atoms with E-state index in [-0.39, 0.29) is 23.2 Å². The largest absolute Gasteiger partial charge is 0.478 e. The number of carbonyl (C=O) groups is 2. The molecule has 2 N–H and O–H groups in total. The fraction of sp³-hybridized carbons (Fsp3) is 0.345. The summed E-state index contributed by atoms with van der Waals surface area (Å²) in [7, 11) is 0. The van der Waals surface area contributed by atoms with Gasteiger partial charge in [-0.2, -0.15) is 0 Å². The summed E-state index contributed by atoms with van der Waals surface area (Å²) in [4.78, 5) is 30.3. The van der Waals surface area contributed by atoms with Crippen molar-refractivity contribution in [3.8, 4) is 11.5 Å². The predicted molar refractivity (Wildman–Crippen MR) is 148 cm³/mol. The number of carbonyl (C=O) groups excluding carboxylic acids is 1. The number of halogens is 2. The highest BCUT2D eigenvalue weighted by Crippen LogP contribution is 2.33. The van der Waals surface area contributed by atoms with Gasteiger partial charge in [0.05, 0.1) is 23.2 Å². The van der Waals surface area contributed by atoms with Gasteiger partial charge in [0.25, 0.3) is 0 Å². The van der Waals surface area contributed by atoms with Gasteiger partial charge in [-0.15, -0.1) is 0 Å². The normalized spacial score (nSPS) is 15.7. The fourth-order valence-electron chi connectivity index (χ4n) is 4.48. The lowest BCUT2D eigenvalue weighted by Gasteiger charge is -2.37. The second kappa shape index (κ2) is 11.8. The van der Waals surface area contributed by atoms with E-state index in [9.17, 15) is 19.8 Å². The number of pyridine rings is 1. The minimum absolute atomic E-state index is 0.0250. The Kier molecular flexibility index (Phi) is 8.69. The highest BCUT2D eigenvalue weighted by atomic mass is 35.5. The van der Waals surface area contributed by atoms with Gasteiger partial charge in [-0.05, 0) is 87.6 Å². The molecule has 1 aliphatic carbocycles. The van der Waals surface area contributed by atoms with Crippen LogP contribution in [0, 0.1) is 0 Å². The number of amides is 1. The molecule has 0 saturated heterocycles. The Bertz CT molecular complexity index is 1360. The van der Waals surface area contributed by atoms with Gasteiger partial charge in [0, 0.05) is 17.8 Å². The number of aliphatic hydroxyl groups is 1. The molecule has 1 amide bonds. The molecule has 1 aromatic heterocycles. The minimum Gasteiger partial charge on any atom is -0.478 e. The molecule has 0 fully saturated rings. The number of hydrogen-bond donors (Lipinski definition) is 2. The lowest BCUT2D eigenvalue weighted by molar-refractivity contribution is 0.00191. The molecule has 10 heteroatoms. The van der Waals surface area contributed by atoms with E-state index in [2.05, 4.69) is 4.98 Å². The maximum atomic E-state index is 13.3. The summed E-state index contributed by atoms with van der Waals surface area (Å²) in [5.41, 5.74) is 1.92. The van der Waals surface area contributed by atoms with Crippen molar-refractivity contribution in [3.05, 3.63) is 87.2 Å². The number of aromatic carboxylic acids is 1. The van der Waals surface area contributed by atoms with Crippen LogP contribution in [0.15, 0.2) is 54.7 Å². The summed E-state index contributed by atoms with van der Waals surface area (Å²) in [5.74, 6) is -0.263. The lowest BCUT2D eigenvalue weighted by Crippen LogP contribution is -2.47. The molecule has 1 heterocycles. The number of aryl methyl sites for hydroxylation is 1. The summed E-state index contributed by atoms with van der Waals surface area (Å²) >= 11 is 11.9. The van der Waals surface area contributed by atoms with Crippen molar-refractivity contribution in [2.24, 2.45) is 0 Å². The Hall–Kier alpha value is -3.33. The minimum atomic E-state index is -1.14. The average molecular weight is 573 g/mol. The van der Waals surface area contributed by atoms with Gasteiger partial charge in [0.15, 0.2) is 0 Å². The number of carboxylic acids is 1. The Morgan fingerprint density at radius 2 is 1.79 bits per heavy atom. The van der Waals surface area contributed by atoms with Gasteiger partial charge in [-0.1, -0.05) is 35.3 Å². The maximum absolute atomic E-state index is 13.3. The highest BCUT2D eigenvalue weighted by Gasteiger charge is 2.33. The van der Waals surface area contributed by atoms with Crippen molar-refractivity contribution >= 4 is 35.3 Å². The second-order valence-corrected chi connectivity index (χ2v) is 11.2. The van der Waals surface area contributed by atoms with E-state index >= 15 is 0 Å². The fourth-order valence-corrected chi connectivity index (χ4v) is 4.79. The third-order valence-electron chi connectivity index (χ3n) is 6.36. The molecule has 0 bridgehead atoms. The predicted octanol–water partition coefficient (Wildman–Crippen LogP) is 6.71. The topological polar surface area (TPSA) is 109 Å². The summed E-state index contributed by atoms with van der Waals surface area (Å²) in [6, 6.07) is 13.2. The van der Waals surface area contributed by atoms with E-state index < -0.39 is 23.8 Å². The van der Waals surface area contributed by atoms with Crippen molar-refractivity contribution < 1.29 is 29.3 Å². The van der Waals surface area contributed by atoms with Crippen LogP contribution in [-0.2, 0) is 17.6 Å². The van der Waals surface area contributed by atoms with Crippen LogP contribution in [0.3, 0.4) is 0 Å². The van der Waals surface area contributed by atoms with Crippen molar-refractivity contribution in [1.29, 1.82) is 0 Å². The lowest BCUT2D eigenvalue weighted by atomic mass is 9.87. The summed E-state index contributed by atoms with van der Waals surface area (Å²) < 4.78 is 11.6. The molecule has 0 saturated carbocycles. The molecule has 2 aromatic carbocycles.